The molecular weight excluding hydrogens is 340 g/mol. The molecule has 2 aromatic rings. The number of anilines is 2. The van der Waals surface area contributed by atoms with Crippen molar-refractivity contribution in [1.82, 2.24) is 4.90 Å². The zero-order chi connectivity index (χ0) is 18.3. The predicted molar refractivity (Wildman–Crippen MR) is 94.6 cm³/mol. The minimum absolute atomic E-state index is 0.104. The fraction of sp³-hybridized carbons (Fsp3) is 0.316. The molecule has 136 valence electrons. The number of amides is 2. The first-order chi connectivity index (χ1) is 12.5. The molecule has 2 fully saturated rings. The molecule has 2 atom stereocenters. The minimum atomic E-state index is -0.976. The summed E-state index contributed by atoms with van der Waals surface area (Å²) in [6.07, 6.45) is 0.900. The fourth-order valence-electron chi connectivity index (χ4n) is 3.77. The quantitative estimate of drug-likeness (QED) is 0.913. The molecule has 5 nitrogen and oxygen atoms in total. The Morgan fingerprint density at radius 3 is 2.46 bits per heavy atom. The van der Waals surface area contributed by atoms with Crippen molar-refractivity contribution in [2.24, 2.45) is 0 Å². The van der Waals surface area contributed by atoms with Crippen molar-refractivity contribution in [2.75, 3.05) is 30.4 Å². The van der Waals surface area contributed by atoms with Crippen molar-refractivity contribution in [2.45, 2.75) is 18.5 Å². The van der Waals surface area contributed by atoms with Crippen LogP contribution in [0, 0.1) is 11.6 Å². The maximum atomic E-state index is 13.3. The zero-order valence-electron chi connectivity index (χ0n) is 14.3. The van der Waals surface area contributed by atoms with Gasteiger partial charge in [0.15, 0.2) is 11.6 Å². The molecule has 4 rings (SSSR count). The summed E-state index contributed by atoms with van der Waals surface area (Å²) in [6.45, 7) is 1.36. The van der Waals surface area contributed by atoms with E-state index in [9.17, 15) is 13.6 Å². The van der Waals surface area contributed by atoms with Crippen molar-refractivity contribution < 1.29 is 18.3 Å². The van der Waals surface area contributed by atoms with Crippen LogP contribution in [0.3, 0.4) is 0 Å². The highest BCUT2D eigenvalue weighted by Gasteiger charge is 2.45. The molecule has 2 aliphatic rings. The summed E-state index contributed by atoms with van der Waals surface area (Å²) in [6, 6.07) is 11.3. The number of hydrogen-bond donors (Lipinski definition) is 1. The molecule has 2 amide bonds. The lowest BCUT2D eigenvalue weighted by Gasteiger charge is -2.35. The van der Waals surface area contributed by atoms with E-state index in [-0.39, 0.29) is 23.8 Å². The van der Waals surface area contributed by atoms with Gasteiger partial charge >= 0.3 is 6.03 Å². The third-order valence-corrected chi connectivity index (χ3v) is 5.08. The molecule has 2 saturated heterocycles. The van der Waals surface area contributed by atoms with Gasteiger partial charge in [0.05, 0.1) is 13.2 Å². The molecule has 1 N–H and O–H groups in total. The lowest BCUT2D eigenvalue weighted by atomic mass is 10.2. The van der Waals surface area contributed by atoms with E-state index in [4.69, 9.17) is 4.74 Å². The number of carbonyl (C=O) groups is 1. The number of halogens is 2. The van der Waals surface area contributed by atoms with Crippen LogP contribution in [0.25, 0.3) is 0 Å². The van der Waals surface area contributed by atoms with Crippen LogP contribution in [0.1, 0.15) is 6.42 Å². The predicted octanol–water partition coefficient (Wildman–Crippen LogP) is 3.47. The summed E-state index contributed by atoms with van der Waals surface area (Å²) in [5.41, 5.74) is 1.36. The number of likely N-dealkylation sites (tertiary alicyclic amines) is 1. The average Bonchev–Trinajstić information content (AvgIpc) is 3.26. The normalized spacial score (nSPS) is 21.2. The van der Waals surface area contributed by atoms with Gasteiger partial charge in [0.1, 0.15) is 5.75 Å². The Labute approximate surface area is 150 Å². The summed E-state index contributed by atoms with van der Waals surface area (Å²) >= 11 is 0. The fourth-order valence-corrected chi connectivity index (χ4v) is 3.77. The highest BCUT2D eigenvalue weighted by molar-refractivity contribution is 5.90. The van der Waals surface area contributed by atoms with Crippen LogP contribution >= 0.6 is 0 Å². The molecule has 0 aliphatic carbocycles. The standard InChI is InChI=1S/C19H19F2N3O2/c1-26-16-5-3-13(4-6-16)23-10-15-9-14(23)11-24(15)19(25)22-12-2-7-17(20)18(21)8-12/h2-8,14-15H,9-11H2,1H3,(H,22,25). The molecular formula is C19H19F2N3O2. The third kappa shape index (κ3) is 2.94. The number of nitrogens with zero attached hydrogens (tertiary/aromatic N) is 2. The van der Waals surface area contributed by atoms with E-state index in [1.165, 1.54) is 6.07 Å². The summed E-state index contributed by atoms with van der Waals surface area (Å²) in [4.78, 5) is 16.6. The van der Waals surface area contributed by atoms with E-state index >= 15 is 0 Å². The topological polar surface area (TPSA) is 44.8 Å². The summed E-state index contributed by atoms with van der Waals surface area (Å²) in [5.74, 6) is -1.10. The number of ether oxygens (including phenoxy) is 1. The van der Waals surface area contributed by atoms with Crippen molar-refractivity contribution in [3.05, 3.63) is 54.1 Å². The van der Waals surface area contributed by atoms with Crippen LogP contribution in [-0.4, -0.2) is 43.2 Å². The van der Waals surface area contributed by atoms with Crippen LogP contribution in [0.15, 0.2) is 42.5 Å². The van der Waals surface area contributed by atoms with Crippen LogP contribution in [-0.2, 0) is 0 Å². The largest absolute Gasteiger partial charge is 0.497 e. The molecule has 7 heteroatoms. The van der Waals surface area contributed by atoms with Gasteiger partial charge in [0.25, 0.3) is 0 Å². The maximum Gasteiger partial charge on any atom is 0.322 e. The first-order valence-corrected chi connectivity index (χ1v) is 8.48. The van der Waals surface area contributed by atoms with Gasteiger partial charge in [-0.1, -0.05) is 0 Å². The number of carbonyl (C=O) groups excluding carboxylic acids is 1. The van der Waals surface area contributed by atoms with E-state index in [0.717, 1.165) is 36.5 Å². The molecule has 2 unspecified atom stereocenters. The summed E-state index contributed by atoms with van der Waals surface area (Å²) in [5, 5.41) is 2.65. The molecule has 0 spiro atoms. The van der Waals surface area contributed by atoms with Crippen LogP contribution in [0.4, 0.5) is 25.0 Å². The summed E-state index contributed by atoms with van der Waals surface area (Å²) in [7, 11) is 1.64. The molecule has 0 radical (unpaired) electrons. The van der Waals surface area contributed by atoms with E-state index in [2.05, 4.69) is 10.2 Å². The number of rotatable bonds is 3. The number of methoxy groups -OCH3 is 1. The second-order valence-corrected chi connectivity index (χ2v) is 6.61. The summed E-state index contributed by atoms with van der Waals surface area (Å²) < 4.78 is 31.5. The SMILES string of the molecule is COc1ccc(N2CC3CC2CN3C(=O)Nc2ccc(F)c(F)c2)cc1. The third-order valence-electron chi connectivity index (χ3n) is 5.08. The molecule has 2 heterocycles. The van der Waals surface area contributed by atoms with E-state index in [0.29, 0.717) is 6.54 Å². The number of benzene rings is 2. The first kappa shape index (κ1) is 16.6. The molecule has 26 heavy (non-hydrogen) atoms. The Balaban J connectivity index is 1.41. The first-order valence-electron chi connectivity index (χ1n) is 8.48. The number of fused-ring (bicyclic) bond motifs is 2. The second-order valence-electron chi connectivity index (χ2n) is 6.61. The number of piperazine rings is 1. The van der Waals surface area contributed by atoms with Crippen LogP contribution < -0.4 is 15.0 Å². The lowest BCUT2D eigenvalue weighted by molar-refractivity contribution is 0.202. The second kappa shape index (κ2) is 6.48. The smallest absolute Gasteiger partial charge is 0.322 e. The molecule has 2 aromatic carbocycles. The number of nitrogens with one attached hydrogen (secondary N) is 1. The Kier molecular flexibility index (Phi) is 4.14. The minimum Gasteiger partial charge on any atom is -0.497 e. The van der Waals surface area contributed by atoms with Crippen molar-refractivity contribution in [3.63, 3.8) is 0 Å². The maximum absolute atomic E-state index is 13.3. The highest BCUT2D eigenvalue weighted by Crippen LogP contribution is 2.35. The monoisotopic (exact) mass is 359 g/mol. The Hall–Kier alpha value is -2.83. The Morgan fingerprint density at radius 2 is 1.85 bits per heavy atom. The van der Waals surface area contributed by atoms with Gasteiger partial charge in [0.2, 0.25) is 0 Å². The van der Waals surface area contributed by atoms with Crippen LogP contribution in [0.5, 0.6) is 5.75 Å². The van der Waals surface area contributed by atoms with Crippen LogP contribution in [0.2, 0.25) is 0 Å². The van der Waals surface area contributed by atoms with E-state index in [1.54, 1.807) is 12.0 Å². The van der Waals surface area contributed by atoms with Crippen molar-refractivity contribution >= 4 is 17.4 Å². The lowest BCUT2D eigenvalue weighted by Crippen LogP contribution is -2.50. The van der Waals surface area contributed by atoms with Gasteiger partial charge in [-0.3, -0.25) is 0 Å². The zero-order valence-corrected chi connectivity index (χ0v) is 14.3. The van der Waals surface area contributed by atoms with E-state index in [1.807, 2.05) is 24.3 Å². The molecule has 0 aromatic heterocycles. The van der Waals surface area contributed by atoms with Crippen molar-refractivity contribution in [1.29, 1.82) is 0 Å². The Morgan fingerprint density at radius 1 is 1.08 bits per heavy atom. The van der Waals surface area contributed by atoms with Gasteiger partial charge in [-0.2, -0.15) is 0 Å². The van der Waals surface area contributed by atoms with Gasteiger partial charge in [0, 0.05) is 36.6 Å². The van der Waals surface area contributed by atoms with Gasteiger partial charge in [-0.25, -0.2) is 13.6 Å². The van der Waals surface area contributed by atoms with Gasteiger partial charge in [-0.05, 0) is 42.8 Å². The Bertz CT molecular complexity index is 828. The van der Waals surface area contributed by atoms with E-state index < -0.39 is 11.6 Å². The highest BCUT2D eigenvalue weighted by atomic mass is 19.2. The van der Waals surface area contributed by atoms with Gasteiger partial charge in [-0.15, -0.1) is 0 Å². The number of urea groups is 1. The average molecular weight is 359 g/mol. The van der Waals surface area contributed by atoms with Gasteiger partial charge < -0.3 is 19.9 Å². The number of hydrogen-bond acceptors (Lipinski definition) is 3. The molecule has 2 aliphatic heterocycles. The van der Waals surface area contributed by atoms with Crippen molar-refractivity contribution in [3.8, 4) is 5.75 Å². The molecule has 0 saturated carbocycles. The molecule has 2 bridgehead atoms.